The number of hydrogen-bond acceptors (Lipinski definition) is 4. The molecule has 1 unspecified atom stereocenters. The van der Waals surface area contributed by atoms with Crippen LogP contribution in [0, 0.1) is 13.8 Å². The molecule has 0 spiro atoms. The lowest BCUT2D eigenvalue weighted by Gasteiger charge is -2.41. The number of rotatable bonds is 4. The van der Waals surface area contributed by atoms with Crippen LogP contribution < -0.4 is 9.64 Å². The average molecular weight is 369 g/mol. The normalized spacial score (nSPS) is 17.1. The number of carbonyl (C=O) groups excluding carboxylic acids is 2. The molecule has 0 radical (unpaired) electrons. The second-order valence-corrected chi connectivity index (χ2v) is 7.15. The van der Waals surface area contributed by atoms with E-state index in [4.69, 9.17) is 4.74 Å². The Morgan fingerprint density at radius 1 is 1.19 bits per heavy atom. The number of aromatic amines is 1. The third-order valence-electron chi connectivity index (χ3n) is 5.32. The van der Waals surface area contributed by atoms with Crippen molar-refractivity contribution in [2.45, 2.75) is 33.7 Å². The number of aryl methyl sites for hydroxylation is 1. The van der Waals surface area contributed by atoms with Crippen LogP contribution in [0.5, 0.6) is 5.75 Å². The zero-order chi connectivity index (χ0) is 19.7. The first-order chi connectivity index (χ1) is 12.8. The number of anilines is 1. The van der Waals surface area contributed by atoms with Crippen molar-refractivity contribution in [3.8, 4) is 5.75 Å². The van der Waals surface area contributed by atoms with Crippen molar-refractivity contribution >= 4 is 17.4 Å². The molecule has 2 aromatic rings. The van der Waals surface area contributed by atoms with Gasteiger partial charge in [-0.1, -0.05) is 12.1 Å². The lowest BCUT2D eigenvalue weighted by Crippen LogP contribution is -2.54. The largest absolute Gasteiger partial charge is 0.495 e. The number of H-pyrrole nitrogens is 1. The summed E-state index contributed by atoms with van der Waals surface area (Å²) in [5.74, 6) is 0.775. The fourth-order valence-corrected chi connectivity index (χ4v) is 3.94. The van der Waals surface area contributed by atoms with Crippen LogP contribution in [0.1, 0.15) is 46.0 Å². The topological polar surface area (TPSA) is 65.6 Å². The number of nitrogens with zero attached hydrogens (tertiary/aromatic N) is 2. The summed E-state index contributed by atoms with van der Waals surface area (Å²) in [6, 6.07) is 7.99. The highest BCUT2D eigenvalue weighted by Crippen LogP contribution is 2.30. The Bertz CT molecular complexity index is 872. The Morgan fingerprint density at radius 3 is 2.48 bits per heavy atom. The van der Waals surface area contributed by atoms with E-state index in [9.17, 15) is 9.59 Å². The molecule has 3 rings (SSSR count). The second kappa shape index (κ2) is 7.47. The van der Waals surface area contributed by atoms with E-state index in [1.165, 1.54) is 6.92 Å². The van der Waals surface area contributed by atoms with E-state index in [-0.39, 0.29) is 17.7 Å². The lowest BCUT2D eigenvalue weighted by atomic mass is 10.0. The second-order valence-electron chi connectivity index (χ2n) is 7.15. The highest BCUT2D eigenvalue weighted by Gasteiger charge is 2.32. The lowest BCUT2D eigenvalue weighted by molar-refractivity contribution is 0.0672. The molecule has 1 amide bonds. The zero-order valence-electron chi connectivity index (χ0n) is 16.6. The summed E-state index contributed by atoms with van der Waals surface area (Å²) in [4.78, 5) is 32.2. The number of amides is 1. The molecule has 27 heavy (non-hydrogen) atoms. The fraction of sp³-hybridized carbons (Fsp3) is 0.429. The van der Waals surface area contributed by atoms with Gasteiger partial charge in [-0.15, -0.1) is 0 Å². The molecular weight excluding hydrogens is 342 g/mol. The van der Waals surface area contributed by atoms with E-state index in [0.717, 1.165) is 35.8 Å². The van der Waals surface area contributed by atoms with Crippen molar-refractivity contribution in [1.29, 1.82) is 0 Å². The Hall–Kier alpha value is -2.76. The standard InChI is InChI=1S/C21H27N3O3/c1-13-12-23(17-8-6-7-9-18(17)27-5)10-11-24(13)21(26)19-14(2)20(16(4)25)22-15(19)3/h6-9,13,22H,10-12H2,1-5H3. The van der Waals surface area contributed by atoms with E-state index in [0.29, 0.717) is 17.8 Å². The smallest absolute Gasteiger partial charge is 0.256 e. The third kappa shape index (κ3) is 3.44. The maximum absolute atomic E-state index is 13.2. The minimum absolute atomic E-state index is 0.0130. The molecule has 0 bridgehead atoms. The summed E-state index contributed by atoms with van der Waals surface area (Å²) in [6.45, 7) is 9.35. The minimum atomic E-state index is -0.0521. The molecular formula is C21H27N3O3. The molecule has 2 heterocycles. The van der Waals surface area contributed by atoms with Crippen LogP contribution >= 0.6 is 0 Å². The molecule has 1 aromatic heterocycles. The van der Waals surface area contributed by atoms with Crippen LogP contribution in [-0.2, 0) is 0 Å². The maximum atomic E-state index is 13.2. The van der Waals surface area contributed by atoms with E-state index in [1.807, 2.05) is 43.0 Å². The Kier molecular flexibility index (Phi) is 5.26. The van der Waals surface area contributed by atoms with Crippen LogP contribution in [0.25, 0.3) is 0 Å². The monoisotopic (exact) mass is 369 g/mol. The first kappa shape index (κ1) is 19.0. The van der Waals surface area contributed by atoms with Crippen LogP contribution in [0.15, 0.2) is 24.3 Å². The predicted molar refractivity (Wildman–Crippen MR) is 106 cm³/mol. The summed E-state index contributed by atoms with van der Waals surface area (Å²) in [5.41, 5.74) is 3.69. The summed E-state index contributed by atoms with van der Waals surface area (Å²) >= 11 is 0. The number of para-hydroxylation sites is 2. The number of Topliss-reactive ketones (excluding diaryl/α,β-unsaturated/α-hetero) is 1. The van der Waals surface area contributed by atoms with E-state index < -0.39 is 0 Å². The first-order valence-electron chi connectivity index (χ1n) is 9.24. The van der Waals surface area contributed by atoms with E-state index in [1.54, 1.807) is 7.11 Å². The van der Waals surface area contributed by atoms with Gasteiger partial charge >= 0.3 is 0 Å². The fourth-order valence-electron chi connectivity index (χ4n) is 3.94. The molecule has 6 heteroatoms. The van der Waals surface area contributed by atoms with Gasteiger partial charge in [-0.25, -0.2) is 0 Å². The number of hydrogen-bond donors (Lipinski definition) is 1. The third-order valence-corrected chi connectivity index (χ3v) is 5.32. The number of ketones is 1. The van der Waals surface area contributed by atoms with Crippen LogP contribution in [0.4, 0.5) is 5.69 Å². The molecule has 0 aliphatic carbocycles. The average Bonchev–Trinajstić information content (AvgIpc) is 2.95. The van der Waals surface area contributed by atoms with Gasteiger partial charge in [0, 0.05) is 38.3 Å². The van der Waals surface area contributed by atoms with Crippen molar-refractivity contribution in [1.82, 2.24) is 9.88 Å². The van der Waals surface area contributed by atoms with Gasteiger partial charge < -0.3 is 19.5 Å². The molecule has 0 saturated carbocycles. The SMILES string of the molecule is COc1ccccc1N1CCN(C(=O)c2c(C)[nH]c(C(C)=O)c2C)C(C)C1. The van der Waals surface area contributed by atoms with Crippen molar-refractivity contribution in [2.24, 2.45) is 0 Å². The minimum Gasteiger partial charge on any atom is -0.495 e. The number of aromatic nitrogens is 1. The molecule has 1 atom stereocenters. The van der Waals surface area contributed by atoms with Crippen LogP contribution in [-0.4, -0.2) is 54.4 Å². The molecule has 1 aliphatic heterocycles. The Morgan fingerprint density at radius 2 is 1.89 bits per heavy atom. The molecule has 6 nitrogen and oxygen atoms in total. The number of piperazine rings is 1. The van der Waals surface area contributed by atoms with E-state index in [2.05, 4.69) is 16.8 Å². The number of carbonyl (C=O) groups is 2. The number of ether oxygens (including phenoxy) is 1. The molecule has 1 fully saturated rings. The molecule has 1 N–H and O–H groups in total. The number of nitrogens with one attached hydrogen (secondary N) is 1. The van der Waals surface area contributed by atoms with Crippen LogP contribution in [0.3, 0.4) is 0 Å². The Labute approximate surface area is 160 Å². The molecule has 1 aliphatic rings. The van der Waals surface area contributed by atoms with Gasteiger partial charge in [0.15, 0.2) is 5.78 Å². The number of benzene rings is 1. The van der Waals surface area contributed by atoms with Gasteiger partial charge in [-0.05, 0) is 38.5 Å². The highest BCUT2D eigenvalue weighted by atomic mass is 16.5. The summed E-state index contributed by atoms with van der Waals surface area (Å²) in [6.07, 6.45) is 0. The van der Waals surface area contributed by atoms with Gasteiger partial charge in [0.05, 0.1) is 24.1 Å². The van der Waals surface area contributed by atoms with Gasteiger partial charge in [0.1, 0.15) is 5.75 Å². The Balaban J connectivity index is 1.81. The summed E-state index contributed by atoms with van der Waals surface area (Å²) in [5, 5.41) is 0. The summed E-state index contributed by atoms with van der Waals surface area (Å²) in [7, 11) is 1.67. The predicted octanol–water partition coefficient (Wildman–Crippen LogP) is 3.19. The van der Waals surface area contributed by atoms with Crippen molar-refractivity contribution in [2.75, 3.05) is 31.6 Å². The van der Waals surface area contributed by atoms with Crippen molar-refractivity contribution in [3.63, 3.8) is 0 Å². The molecule has 1 aromatic carbocycles. The molecule has 144 valence electrons. The molecule has 1 saturated heterocycles. The van der Waals surface area contributed by atoms with Gasteiger partial charge in [0.25, 0.3) is 5.91 Å². The highest BCUT2D eigenvalue weighted by molar-refractivity contribution is 6.02. The van der Waals surface area contributed by atoms with Gasteiger partial charge in [-0.3, -0.25) is 9.59 Å². The van der Waals surface area contributed by atoms with Crippen molar-refractivity contribution in [3.05, 3.63) is 46.8 Å². The van der Waals surface area contributed by atoms with E-state index >= 15 is 0 Å². The quantitative estimate of drug-likeness (QED) is 0.841. The van der Waals surface area contributed by atoms with Crippen molar-refractivity contribution < 1.29 is 14.3 Å². The van der Waals surface area contributed by atoms with Crippen LogP contribution in [0.2, 0.25) is 0 Å². The number of methoxy groups -OCH3 is 1. The van der Waals surface area contributed by atoms with Gasteiger partial charge in [0.2, 0.25) is 0 Å². The maximum Gasteiger partial charge on any atom is 0.256 e. The summed E-state index contributed by atoms with van der Waals surface area (Å²) < 4.78 is 5.48. The zero-order valence-corrected chi connectivity index (χ0v) is 16.6. The first-order valence-corrected chi connectivity index (χ1v) is 9.24. The van der Waals surface area contributed by atoms with Gasteiger partial charge in [-0.2, -0.15) is 0 Å².